The monoisotopic (exact) mass is 231 g/mol. The predicted molar refractivity (Wildman–Crippen MR) is 72.2 cm³/mol. The van der Waals surface area contributed by atoms with E-state index in [2.05, 4.69) is 60.3 Å². The second-order valence-electron chi connectivity index (χ2n) is 4.03. The van der Waals surface area contributed by atoms with Crippen molar-refractivity contribution in [1.29, 1.82) is 0 Å². The van der Waals surface area contributed by atoms with E-state index in [1.165, 1.54) is 16.8 Å². The minimum Gasteiger partial charge on any atom is -0.378 e. The molecular formula is C14H17NS. The molecule has 0 saturated heterocycles. The third-order valence-corrected chi connectivity index (χ3v) is 3.43. The summed E-state index contributed by atoms with van der Waals surface area (Å²) in [5, 5.41) is 7.81. The average Bonchev–Trinajstić information content (AvgIpc) is 2.80. The number of benzene rings is 1. The molecule has 84 valence electrons. The van der Waals surface area contributed by atoms with Gasteiger partial charge in [-0.1, -0.05) is 36.8 Å². The van der Waals surface area contributed by atoms with E-state index in [4.69, 9.17) is 0 Å². The lowest BCUT2D eigenvalue weighted by atomic mass is 10.0. The molecule has 1 aromatic carbocycles. The molecule has 0 bridgehead atoms. The van der Waals surface area contributed by atoms with Crippen LogP contribution >= 0.6 is 11.3 Å². The topological polar surface area (TPSA) is 12.0 Å². The van der Waals surface area contributed by atoms with E-state index in [1.807, 2.05) is 0 Å². The van der Waals surface area contributed by atoms with Crippen LogP contribution in [-0.4, -0.2) is 0 Å². The van der Waals surface area contributed by atoms with Crippen LogP contribution in [0.4, 0.5) is 5.69 Å². The molecule has 1 N–H and O–H groups in total. The van der Waals surface area contributed by atoms with E-state index >= 15 is 0 Å². The van der Waals surface area contributed by atoms with Crippen LogP contribution in [0.3, 0.4) is 0 Å². The van der Waals surface area contributed by atoms with Crippen LogP contribution < -0.4 is 5.32 Å². The van der Waals surface area contributed by atoms with E-state index in [0.717, 1.165) is 6.42 Å². The summed E-state index contributed by atoms with van der Waals surface area (Å²) in [5.74, 6) is 0. The van der Waals surface area contributed by atoms with Crippen molar-refractivity contribution in [1.82, 2.24) is 0 Å². The van der Waals surface area contributed by atoms with Gasteiger partial charge in [0.1, 0.15) is 0 Å². The molecule has 1 atom stereocenters. The van der Waals surface area contributed by atoms with E-state index in [-0.39, 0.29) is 0 Å². The van der Waals surface area contributed by atoms with Gasteiger partial charge in [0.15, 0.2) is 0 Å². The number of hydrogen-bond acceptors (Lipinski definition) is 2. The number of thiophene rings is 1. The zero-order valence-electron chi connectivity index (χ0n) is 9.73. The quantitative estimate of drug-likeness (QED) is 0.809. The second kappa shape index (κ2) is 5.17. The van der Waals surface area contributed by atoms with Gasteiger partial charge in [-0.2, -0.15) is 11.3 Å². The Bertz CT molecular complexity index is 417. The molecule has 0 saturated carbocycles. The molecule has 1 nitrogen and oxygen atoms in total. The van der Waals surface area contributed by atoms with Gasteiger partial charge in [-0.15, -0.1) is 0 Å². The minimum absolute atomic E-state index is 0.412. The first kappa shape index (κ1) is 11.2. The minimum atomic E-state index is 0.412. The van der Waals surface area contributed by atoms with Crippen molar-refractivity contribution in [2.75, 3.05) is 5.32 Å². The molecule has 2 rings (SSSR count). The summed E-state index contributed by atoms with van der Waals surface area (Å²) in [4.78, 5) is 0. The highest BCUT2D eigenvalue weighted by molar-refractivity contribution is 7.08. The Kier molecular flexibility index (Phi) is 3.62. The molecule has 0 fully saturated rings. The molecule has 2 heteroatoms. The number of anilines is 1. The molecule has 0 aliphatic heterocycles. The molecule has 0 spiro atoms. The molecule has 1 heterocycles. The Morgan fingerprint density at radius 1 is 1.19 bits per heavy atom. The van der Waals surface area contributed by atoms with Gasteiger partial charge in [0.05, 0.1) is 6.04 Å². The molecule has 1 unspecified atom stereocenters. The second-order valence-corrected chi connectivity index (χ2v) is 4.81. The van der Waals surface area contributed by atoms with Crippen molar-refractivity contribution in [2.24, 2.45) is 0 Å². The van der Waals surface area contributed by atoms with Gasteiger partial charge in [-0.05, 0) is 30.4 Å². The maximum atomic E-state index is 3.55. The van der Waals surface area contributed by atoms with Crippen LogP contribution in [0.25, 0.3) is 0 Å². The fourth-order valence-electron chi connectivity index (χ4n) is 1.77. The Balaban J connectivity index is 2.13. The maximum absolute atomic E-state index is 3.55. The fraction of sp³-hybridized carbons (Fsp3) is 0.286. The highest BCUT2D eigenvalue weighted by Crippen LogP contribution is 2.24. The molecule has 0 amide bonds. The van der Waals surface area contributed by atoms with Gasteiger partial charge >= 0.3 is 0 Å². The molecule has 16 heavy (non-hydrogen) atoms. The lowest BCUT2D eigenvalue weighted by molar-refractivity contribution is 0.750. The maximum Gasteiger partial charge on any atom is 0.0511 e. The largest absolute Gasteiger partial charge is 0.378 e. The highest BCUT2D eigenvalue weighted by atomic mass is 32.1. The summed E-state index contributed by atoms with van der Waals surface area (Å²) in [6.45, 7) is 4.33. The smallest absolute Gasteiger partial charge is 0.0511 e. The first-order chi connectivity index (χ1) is 7.79. The Labute approximate surface area is 101 Å². The summed E-state index contributed by atoms with van der Waals surface area (Å²) < 4.78 is 0. The summed E-state index contributed by atoms with van der Waals surface area (Å²) in [6, 6.07) is 11.3. The SMILES string of the molecule is CCC(Nc1ccsc1)c1ccc(C)cc1. The van der Waals surface area contributed by atoms with Gasteiger partial charge in [-0.3, -0.25) is 0 Å². The highest BCUT2D eigenvalue weighted by Gasteiger charge is 2.08. The molecule has 2 aromatic rings. The standard InChI is InChI=1S/C14H17NS/c1-3-14(15-13-8-9-16-10-13)12-6-4-11(2)5-7-12/h4-10,14-15H,3H2,1-2H3. The van der Waals surface area contributed by atoms with E-state index in [0.29, 0.717) is 6.04 Å². The van der Waals surface area contributed by atoms with Crippen LogP contribution in [0.5, 0.6) is 0 Å². The van der Waals surface area contributed by atoms with Gasteiger partial charge in [0, 0.05) is 11.1 Å². The van der Waals surface area contributed by atoms with Gasteiger partial charge < -0.3 is 5.32 Å². The summed E-state index contributed by atoms with van der Waals surface area (Å²) in [6.07, 6.45) is 1.10. The normalized spacial score (nSPS) is 12.4. The van der Waals surface area contributed by atoms with Crippen molar-refractivity contribution in [2.45, 2.75) is 26.3 Å². The molecule has 0 aliphatic carbocycles. The van der Waals surface area contributed by atoms with Crippen LogP contribution in [0, 0.1) is 6.92 Å². The average molecular weight is 231 g/mol. The van der Waals surface area contributed by atoms with E-state index in [1.54, 1.807) is 11.3 Å². The van der Waals surface area contributed by atoms with Gasteiger partial charge in [-0.25, -0.2) is 0 Å². The van der Waals surface area contributed by atoms with Crippen LogP contribution in [0.1, 0.15) is 30.5 Å². The van der Waals surface area contributed by atoms with E-state index < -0.39 is 0 Å². The lowest BCUT2D eigenvalue weighted by Crippen LogP contribution is -2.08. The van der Waals surface area contributed by atoms with Gasteiger partial charge in [0.2, 0.25) is 0 Å². The van der Waals surface area contributed by atoms with E-state index in [9.17, 15) is 0 Å². The van der Waals surface area contributed by atoms with Crippen LogP contribution in [0.2, 0.25) is 0 Å². The molecule has 0 radical (unpaired) electrons. The predicted octanol–water partition coefficient (Wildman–Crippen LogP) is 4.62. The molecular weight excluding hydrogens is 214 g/mol. The first-order valence-corrected chi connectivity index (χ1v) is 6.59. The zero-order valence-corrected chi connectivity index (χ0v) is 10.6. The first-order valence-electron chi connectivity index (χ1n) is 5.65. The number of hydrogen-bond donors (Lipinski definition) is 1. The molecule has 1 aromatic heterocycles. The summed E-state index contributed by atoms with van der Waals surface area (Å²) in [5.41, 5.74) is 3.89. The number of aryl methyl sites for hydroxylation is 1. The Hall–Kier alpha value is -1.28. The third kappa shape index (κ3) is 2.64. The lowest BCUT2D eigenvalue weighted by Gasteiger charge is -2.17. The number of nitrogens with one attached hydrogen (secondary N) is 1. The third-order valence-electron chi connectivity index (χ3n) is 2.75. The van der Waals surface area contributed by atoms with Crippen molar-refractivity contribution < 1.29 is 0 Å². The van der Waals surface area contributed by atoms with Crippen molar-refractivity contribution in [3.05, 3.63) is 52.2 Å². The fourth-order valence-corrected chi connectivity index (χ4v) is 2.36. The zero-order chi connectivity index (χ0) is 11.4. The Morgan fingerprint density at radius 2 is 1.94 bits per heavy atom. The van der Waals surface area contributed by atoms with Crippen LogP contribution in [-0.2, 0) is 0 Å². The summed E-state index contributed by atoms with van der Waals surface area (Å²) >= 11 is 1.73. The Morgan fingerprint density at radius 3 is 2.50 bits per heavy atom. The van der Waals surface area contributed by atoms with Crippen molar-refractivity contribution >= 4 is 17.0 Å². The molecule has 0 aliphatic rings. The summed E-state index contributed by atoms with van der Waals surface area (Å²) in [7, 11) is 0. The van der Waals surface area contributed by atoms with Gasteiger partial charge in [0.25, 0.3) is 0 Å². The van der Waals surface area contributed by atoms with Crippen molar-refractivity contribution in [3.8, 4) is 0 Å². The van der Waals surface area contributed by atoms with Crippen LogP contribution in [0.15, 0.2) is 41.1 Å². The van der Waals surface area contributed by atoms with Crippen molar-refractivity contribution in [3.63, 3.8) is 0 Å². The number of rotatable bonds is 4.